The summed E-state index contributed by atoms with van der Waals surface area (Å²) in [6, 6.07) is 0. The van der Waals surface area contributed by atoms with Crippen molar-refractivity contribution >= 4 is 5.97 Å². The Labute approximate surface area is 113 Å². The second-order valence-corrected chi connectivity index (χ2v) is 5.34. The maximum Gasteiger partial charge on any atom is 0.308 e. The topological polar surface area (TPSA) is 54.0 Å². The van der Waals surface area contributed by atoms with E-state index in [0.29, 0.717) is 13.0 Å². The summed E-state index contributed by atoms with van der Waals surface area (Å²) < 4.78 is 22.5. The first-order valence-corrected chi connectivity index (χ1v) is 6.74. The Morgan fingerprint density at radius 2 is 2.21 bits per heavy atom. The predicted octanol–water partition coefficient (Wildman–Crippen LogP) is 1.80. The van der Waals surface area contributed by atoms with Crippen LogP contribution in [0.5, 0.6) is 0 Å². The second kappa shape index (κ2) is 5.61. The maximum atomic E-state index is 11.5. The first-order valence-electron chi connectivity index (χ1n) is 6.74. The summed E-state index contributed by atoms with van der Waals surface area (Å²) in [6.07, 6.45) is 1.92. The number of fused-ring (bicyclic) bond motifs is 1. The highest BCUT2D eigenvalue weighted by Gasteiger charge is 2.49. The lowest BCUT2D eigenvalue weighted by Gasteiger charge is -2.34. The number of hydrogen-bond acceptors (Lipinski definition) is 5. The average Bonchev–Trinajstić information content (AvgIpc) is 2.62. The fourth-order valence-electron chi connectivity index (χ4n) is 2.67. The Morgan fingerprint density at radius 3 is 2.84 bits per heavy atom. The van der Waals surface area contributed by atoms with E-state index in [1.807, 2.05) is 13.8 Å². The fraction of sp³-hybridized carbons (Fsp3) is 0.786. The van der Waals surface area contributed by atoms with Gasteiger partial charge in [0.05, 0.1) is 25.2 Å². The molecule has 2 aliphatic rings. The van der Waals surface area contributed by atoms with Gasteiger partial charge in [-0.2, -0.15) is 0 Å². The van der Waals surface area contributed by atoms with Crippen LogP contribution in [0.3, 0.4) is 0 Å². The molecule has 19 heavy (non-hydrogen) atoms. The summed E-state index contributed by atoms with van der Waals surface area (Å²) in [4.78, 5) is 11.5. The van der Waals surface area contributed by atoms with Gasteiger partial charge < -0.3 is 18.9 Å². The van der Waals surface area contributed by atoms with Gasteiger partial charge in [0.25, 0.3) is 0 Å². The van der Waals surface area contributed by atoms with E-state index in [1.165, 1.54) is 0 Å². The molecule has 0 saturated carbocycles. The van der Waals surface area contributed by atoms with Gasteiger partial charge in [-0.05, 0) is 20.8 Å². The molecular formula is C14H22O5. The average molecular weight is 270 g/mol. The first kappa shape index (κ1) is 14.5. The molecule has 2 heterocycles. The molecule has 0 aromatic rings. The Kier molecular flexibility index (Phi) is 4.28. The molecule has 5 nitrogen and oxygen atoms in total. The lowest BCUT2D eigenvalue weighted by atomic mass is 9.96. The normalized spacial score (nSPS) is 36.6. The van der Waals surface area contributed by atoms with Crippen LogP contribution in [0.1, 0.15) is 33.6 Å². The molecule has 0 aromatic heterocycles. The summed E-state index contributed by atoms with van der Waals surface area (Å²) in [7, 11) is 0. The molecule has 0 amide bonds. The van der Waals surface area contributed by atoms with Crippen molar-refractivity contribution in [2.24, 2.45) is 0 Å². The van der Waals surface area contributed by atoms with Crippen LogP contribution in [-0.4, -0.2) is 42.8 Å². The minimum absolute atomic E-state index is 0.0637. The van der Waals surface area contributed by atoms with Crippen LogP contribution < -0.4 is 0 Å². The molecule has 108 valence electrons. The second-order valence-electron chi connectivity index (χ2n) is 5.34. The van der Waals surface area contributed by atoms with E-state index in [0.717, 1.165) is 0 Å². The van der Waals surface area contributed by atoms with Crippen LogP contribution in [0.15, 0.2) is 12.7 Å². The van der Waals surface area contributed by atoms with Crippen molar-refractivity contribution in [1.29, 1.82) is 0 Å². The number of esters is 1. The van der Waals surface area contributed by atoms with Crippen molar-refractivity contribution in [1.82, 2.24) is 0 Å². The molecule has 0 spiro atoms. The maximum absolute atomic E-state index is 11.5. The predicted molar refractivity (Wildman–Crippen MR) is 68.6 cm³/mol. The van der Waals surface area contributed by atoms with Gasteiger partial charge in [0, 0.05) is 6.42 Å². The molecule has 2 aliphatic heterocycles. The third-order valence-electron chi connectivity index (χ3n) is 3.32. The molecule has 0 radical (unpaired) electrons. The molecule has 5 heteroatoms. The molecule has 2 fully saturated rings. The minimum atomic E-state index is -0.612. The van der Waals surface area contributed by atoms with Crippen LogP contribution >= 0.6 is 0 Å². The van der Waals surface area contributed by atoms with Gasteiger partial charge in [0.1, 0.15) is 12.2 Å². The van der Waals surface area contributed by atoms with Crippen molar-refractivity contribution in [3.8, 4) is 0 Å². The molecule has 4 atom stereocenters. The Morgan fingerprint density at radius 1 is 1.47 bits per heavy atom. The Hall–Kier alpha value is -0.910. The molecule has 0 N–H and O–H groups in total. The van der Waals surface area contributed by atoms with Gasteiger partial charge in [-0.25, -0.2) is 0 Å². The third kappa shape index (κ3) is 3.35. The molecule has 2 rings (SSSR count). The molecule has 0 aliphatic carbocycles. The SMILES string of the molecule is C=C[C@@H]1O[C@@H](CC(=O)OCC)C[C@H]2OC(C)(C)O[C@@H]12. The van der Waals surface area contributed by atoms with E-state index in [2.05, 4.69) is 6.58 Å². The largest absolute Gasteiger partial charge is 0.466 e. The minimum Gasteiger partial charge on any atom is -0.466 e. The van der Waals surface area contributed by atoms with Crippen LogP contribution in [0, 0.1) is 0 Å². The number of carbonyl (C=O) groups is 1. The van der Waals surface area contributed by atoms with Crippen molar-refractivity contribution in [2.75, 3.05) is 6.61 Å². The van der Waals surface area contributed by atoms with Crippen LogP contribution in [-0.2, 0) is 23.7 Å². The van der Waals surface area contributed by atoms with Gasteiger partial charge >= 0.3 is 5.97 Å². The zero-order chi connectivity index (χ0) is 14.0. The smallest absolute Gasteiger partial charge is 0.308 e. The van der Waals surface area contributed by atoms with Gasteiger partial charge in [-0.1, -0.05) is 6.08 Å². The third-order valence-corrected chi connectivity index (χ3v) is 3.32. The summed E-state index contributed by atoms with van der Waals surface area (Å²) in [6.45, 7) is 9.70. The highest BCUT2D eigenvalue weighted by molar-refractivity contribution is 5.69. The van der Waals surface area contributed by atoms with Crippen molar-refractivity contribution in [3.05, 3.63) is 12.7 Å². The van der Waals surface area contributed by atoms with E-state index in [9.17, 15) is 4.79 Å². The van der Waals surface area contributed by atoms with E-state index in [4.69, 9.17) is 18.9 Å². The Balaban J connectivity index is 2.00. The molecular weight excluding hydrogens is 248 g/mol. The zero-order valence-corrected chi connectivity index (χ0v) is 11.8. The standard InChI is InChI=1S/C14H22O5/c1-5-10-13-11(18-14(3,4)19-13)7-9(17-10)8-12(15)16-6-2/h5,9-11,13H,1,6-8H2,2-4H3/t9-,10+,11-,13+/m1/s1. The fourth-order valence-corrected chi connectivity index (χ4v) is 2.67. The van der Waals surface area contributed by atoms with E-state index < -0.39 is 5.79 Å². The molecule has 0 aromatic carbocycles. The first-order chi connectivity index (χ1) is 8.95. The highest BCUT2D eigenvalue weighted by Crippen LogP contribution is 2.38. The summed E-state index contributed by atoms with van der Waals surface area (Å²) >= 11 is 0. The quantitative estimate of drug-likeness (QED) is 0.576. The van der Waals surface area contributed by atoms with E-state index in [1.54, 1.807) is 13.0 Å². The van der Waals surface area contributed by atoms with Gasteiger partial charge in [0.15, 0.2) is 5.79 Å². The van der Waals surface area contributed by atoms with E-state index >= 15 is 0 Å². The highest BCUT2D eigenvalue weighted by atomic mass is 16.8. The summed E-state index contributed by atoms with van der Waals surface area (Å²) in [5.41, 5.74) is 0. The lowest BCUT2D eigenvalue weighted by molar-refractivity contribution is -0.158. The molecule has 0 unspecified atom stereocenters. The molecule has 2 saturated heterocycles. The lowest BCUT2D eigenvalue weighted by Crippen LogP contribution is -2.46. The molecule has 0 bridgehead atoms. The van der Waals surface area contributed by atoms with E-state index in [-0.39, 0.29) is 36.8 Å². The number of ether oxygens (including phenoxy) is 4. The van der Waals surface area contributed by atoms with Gasteiger partial charge in [-0.3, -0.25) is 4.79 Å². The van der Waals surface area contributed by atoms with Crippen LogP contribution in [0.2, 0.25) is 0 Å². The van der Waals surface area contributed by atoms with Gasteiger partial charge in [0.2, 0.25) is 0 Å². The monoisotopic (exact) mass is 270 g/mol. The number of carbonyl (C=O) groups excluding carboxylic acids is 1. The zero-order valence-electron chi connectivity index (χ0n) is 11.8. The number of rotatable bonds is 4. The summed E-state index contributed by atoms with van der Waals surface area (Å²) in [5.74, 6) is -0.856. The number of hydrogen-bond donors (Lipinski definition) is 0. The van der Waals surface area contributed by atoms with Gasteiger partial charge in [-0.15, -0.1) is 6.58 Å². The van der Waals surface area contributed by atoms with Crippen molar-refractivity contribution in [3.63, 3.8) is 0 Å². The van der Waals surface area contributed by atoms with Crippen LogP contribution in [0.4, 0.5) is 0 Å². The van der Waals surface area contributed by atoms with Crippen LogP contribution in [0.25, 0.3) is 0 Å². The Bertz CT molecular complexity index is 352. The van der Waals surface area contributed by atoms with Crippen molar-refractivity contribution < 1.29 is 23.7 Å². The summed E-state index contributed by atoms with van der Waals surface area (Å²) in [5, 5.41) is 0. The van der Waals surface area contributed by atoms with Crippen molar-refractivity contribution in [2.45, 2.75) is 63.8 Å².